The van der Waals surface area contributed by atoms with Crippen LogP contribution in [0.15, 0.2) is 42.7 Å². The third-order valence-corrected chi connectivity index (χ3v) is 5.86. The Bertz CT molecular complexity index is 733. The van der Waals surface area contributed by atoms with Crippen LogP contribution < -0.4 is 5.32 Å². The number of carbonyl (C=O) groups excluding carboxylic acids is 1. The van der Waals surface area contributed by atoms with E-state index in [2.05, 4.69) is 45.6 Å². The van der Waals surface area contributed by atoms with Gasteiger partial charge in [0.1, 0.15) is 0 Å². The molecule has 4 rings (SSSR count). The molecule has 1 amide bonds. The number of hydrogen-bond donors (Lipinski definition) is 1. The zero-order valence-corrected chi connectivity index (χ0v) is 15.8. The molecule has 0 atom stereocenters. The number of likely N-dealkylation sites (tertiary alicyclic amines) is 1. The van der Waals surface area contributed by atoms with E-state index < -0.39 is 0 Å². The van der Waals surface area contributed by atoms with Crippen molar-refractivity contribution in [3.8, 4) is 0 Å². The molecular formula is C22H28N4O. The highest BCUT2D eigenvalue weighted by molar-refractivity contribution is 5.93. The van der Waals surface area contributed by atoms with E-state index in [1.165, 1.54) is 31.2 Å². The normalized spacial score (nSPS) is 18.6. The fourth-order valence-electron chi connectivity index (χ4n) is 4.24. The number of piperidine rings is 1. The smallest absolute Gasteiger partial charge is 0.256 e. The van der Waals surface area contributed by atoms with Crippen molar-refractivity contribution in [1.82, 2.24) is 14.9 Å². The molecule has 2 fully saturated rings. The molecule has 0 bridgehead atoms. The number of nitrogens with one attached hydrogen (secondary N) is 1. The lowest BCUT2D eigenvalue weighted by Gasteiger charge is -2.32. The summed E-state index contributed by atoms with van der Waals surface area (Å²) in [7, 11) is 0. The average Bonchev–Trinajstić information content (AvgIpc) is 3.22. The molecule has 5 heteroatoms. The van der Waals surface area contributed by atoms with Crippen molar-refractivity contribution >= 4 is 11.9 Å². The minimum absolute atomic E-state index is 0.0561. The minimum atomic E-state index is 0.0561. The summed E-state index contributed by atoms with van der Waals surface area (Å²) >= 11 is 0. The number of amides is 1. The third kappa shape index (κ3) is 4.65. The van der Waals surface area contributed by atoms with Gasteiger partial charge in [-0.1, -0.05) is 43.2 Å². The average molecular weight is 364 g/mol. The van der Waals surface area contributed by atoms with Crippen LogP contribution in [-0.4, -0.2) is 39.9 Å². The van der Waals surface area contributed by atoms with Gasteiger partial charge in [0.05, 0.1) is 5.56 Å². The first kappa shape index (κ1) is 18.0. The van der Waals surface area contributed by atoms with Crippen molar-refractivity contribution in [3.05, 3.63) is 53.9 Å². The van der Waals surface area contributed by atoms with Crippen molar-refractivity contribution in [1.29, 1.82) is 0 Å². The highest BCUT2D eigenvalue weighted by Gasteiger charge is 2.24. The zero-order valence-electron chi connectivity index (χ0n) is 15.8. The predicted molar refractivity (Wildman–Crippen MR) is 107 cm³/mol. The van der Waals surface area contributed by atoms with Crippen LogP contribution in [0.4, 0.5) is 5.95 Å². The molecule has 5 nitrogen and oxygen atoms in total. The van der Waals surface area contributed by atoms with Gasteiger partial charge >= 0.3 is 0 Å². The van der Waals surface area contributed by atoms with Gasteiger partial charge in [-0.3, -0.25) is 4.79 Å². The van der Waals surface area contributed by atoms with Crippen LogP contribution in [-0.2, 0) is 6.42 Å². The third-order valence-electron chi connectivity index (χ3n) is 5.86. The van der Waals surface area contributed by atoms with E-state index in [0.29, 0.717) is 23.5 Å². The minimum Gasteiger partial charge on any atom is -0.351 e. The number of rotatable bonds is 5. The molecule has 2 heterocycles. The van der Waals surface area contributed by atoms with Crippen LogP contribution in [0.5, 0.6) is 0 Å². The Balaban J connectivity index is 1.28. The van der Waals surface area contributed by atoms with Crippen LogP contribution in [0.25, 0.3) is 0 Å². The number of hydrogen-bond acceptors (Lipinski definition) is 4. The molecule has 0 unspecified atom stereocenters. The molecule has 1 aromatic heterocycles. The second-order valence-corrected chi connectivity index (χ2v) is 7.85. The Hall–Kier alpha value is -2.43. The van der Waals surface area contributed by atoms with Crippen molar-refractivity contribution in [2.45, 2.75) is 51.0 Å². The fourth-order valence-corrected chi connectivity index (χ4v) is 4.24. The van der Waals surface area contributed by atoms with Crippen LogP contribution in [0.1, 0.15) is 54.4 Å². The summed E-state index contributed by atoms with van der Waals surface area (Å²) < 4.78 is 0. The molecule has 1 saturated heterocycles. The van der Waals surface area contributed by atoms with Gasteiger partial charge in [-0.05, 0) is 43.6 Å². The Morgan fingerprint density at radius 3 is 2.33 bits per heavy atom. The molecule has 0 radical (unpaired) electrons. The maximum atomic E-state index is 12.7. The molecular weight excluding hydrogens is 336 g/mol. The van der Waals surface area contributed by atoms with Gasteiger partial charge in [0.2, 0.25) is 5.95 Å². The summed E-state index contributed by atoms with van der Waals surface area (Å²) in [5.41, 5.74) is 1.98. The summed E-state index contributed by atoms with van der Waals surface area (Å²) in [5, 5.41) is 3.37. The van der Waals surface area contributed by atoms with E-state index in [1.807, 2.05) is 4.90 Å². The molecule has 1 aliphatic heterocycles. The second-order valence-electron chi connectivity index (χ2n) is 7.85. The van der Waals surface area contributed by atoms with Gasteiger partial charge in [0, 0.05) is 31.5 Å². The largest absolute Gasteiger partial charge is 0.351 e. The number of aromatic nitrogens is 2. The van der Waals surface area contributed by atoms with Gasteiger partial charge in [-0.2, -0.15) is 0 Å². The first-order chi connectivity index (χ1) is 13.3. The molecule has 1 aromatic carbocycles. The van der Waals surface area contributed by atoms with Crippen molar-refractivity contribution in [3.63, 3.8) is 0 Å². The quantitative estimate of drug-likeness (QED) is 0.873. The zero-order chi connectivity index (χ0) is 18.5. The Morgan fingerprint density at radius 2 is 1.67 bits per heavy atom. The molecule has 142 valence electrons. The Morgan fingerprint density at radius 1 is 1.00 bits per heavy atom. The molecule has 1 aliphatic carbocycles. The summed E-state index contributed by atoms with van der Waals surface area (Å²) in [6.45, 7) is 1.64. The second kappa shape index (κ2) is 8.51. The number of nitrogens with zero attached hydrogens (tertiary/aromatic N) is 3. The van der Waals surface area contributed by atoms with Crippen molar-refractivity contribution < 1.29 is 4.79 Å². The first-order valence-corrected chi connectivity index (χ1v) is 10.2. The highest BCUT2D eigenvalue weighted by Crippen LogP contribution is 2.23. The fraction of sp³-hybridized carbons (Fsp3) is 0.500. The molecule has 27 heavy (non-hydrogen) atoms. The first-order valence-electron chi connectivity index (χ1n) is 10.2. The standard InChI is InChI=1S/C22H28N4O/c27-21(19-15-23-22(24-16-19)25-20-8-4-5-9-20)26-12-10-18(11-13-26)14-17-6-2-1-3-7-17/h1-3,6-7,15-16,18,20H,4-5,8-14H2,(H,23,24,25). The number of anilines is 1. The molecule has 0 spiro atoms. The van der Waals surface area contributed by atoms with Crippen molar-refractivity contribution in [2.75, 3.05) is 18.4 Å². The van der Waals surface area contributed by atoms with E-state index in [1.54, 1.807) is 12.4 Å². The predicted octanol–water partition coefficient (Wildman–Crippen LogP) is 3.93. The van der Waals surface area contributed by atoms with E-state index in [0.717, 1.165) is 32.4 Å². The SMILES string of the molecule is O=C(c1cnc(NC2CCCC2)nc1)N1CCC(Cc2ccccc2)CC1. The molecule has 2 aromatic rings. The van der Waals surface area contributed by atoms with Crippen LogP contribution in [0.2, 0.25) is 0 Å². The van der Waals surface area contributed by atoms with Crippen LogP contribution in [0.3, 0.4) is 0 Å². The Labute approximate surface area is 161 Å². The van der Waals surface area contributed by atoms with E-state index in [9.17, 15) is 4.79 Å². The molecule has 2 aliphatic rings. The van der Waals surface area contributed by atoms with Crippen molar-refractivity contribution in [2.24, 2.45) is 5.92 Å². The van der Waals surface area contributed by atoms with E-state index >= 15 is 0 Å². The lowest BCUT2D eigenvalue weighted by Crippen LogP contribution is -2.39. The van der Waals surface area contributed by atoms with Gasteiger partial charge in [0.15, 0.2) is 0 Å². The van der Waals surface area contributed by atoms with Gasteiger partial charge < -0.3 is 10.2 Å². The summed E-state index contributed by atoms with van der Waals surface area (Å²) in [6, 6.07) is 11.1. The maximum absolute atomic E-state index is 12.7. The monoisotopic (exact) mass is 364 g/mol. The van der Waals surface area contributed by atoms with Gasteiger partial charge in [-0.15, -0.1) is 0 Å². The molecule has 1 N–H and O–H groups in total. The number of benzene rings is 1. The van der Waals surface area contributed by atoms with Gasteiger partial charge in [0.25, 0.3) is 5.91 Å². The number of carbonyl (C=O) groups is 1. The van der Waals surface area contributed by atoms with Crippen LogP contribution in [0, 0.1) is 5.92 Å². The summed E-state index contributed by atoms with van der Waals surface area (Å²) in [6.07, 6.45) is 11.5. The van der Waals surface area contributed by atoms with E-state index in [4.69, 9.17) is 0 Å². The van der Waals surface area contributed by atoms with Crippen LogP contribution >= 0.6 is 0 Å². The highest BCUT2D eigenvalue weighted by atomic mass is 16.2. The Kier molecular flexibility index (Phi) is 5.66. The topological polar surface area (TPSA) is 58.1 Å². The van der Waals surface area contributed by atoms with E-state index in [-0.39, 0.29) is 5.91 Å². The lowest BCUT2D eigenvalue weighted by atomic mass is 9.90. The summed E-state index contributed by atoms with van der Waals surface area (Å²) in [5.74, 6) is 1.35. The molecule has 1 saturated carbocycles. The maximum Gasteiger partial charge on any atom is 0.256 e. The van der Waals surface area contributed by atoms with Gasteiger partial charge in [-0.25, -0.2) is 9.97 Å². The lowest BCUT2D eigenvalue weighted by molar-refractivity contribution is 0.0689. The summed E-state index contributed by atoms with van der Waals surface area (Å²) in [4.78, 5) is 23.4.